The van der Waals surface area contributed by atoms with Crippen molar-refractivity contribution in [3.8, 4) is 22.6 Å². The molecule has 7 rings (SSSR count). The van der Waals surface area contributed by atoms with Crippen LogP contribution in [0.1, 0.15) is 47.5 Å². The maximum Gasteiger partial charge on any atom is 0.276 e. The van der Waals surface area contributed by atoms with Crippen LogP contribution in [-0.4, -0.2) is 119 Å². The van der Waals surface area contributed by atoms with Crippen molar-refractivity contribution < 1.29 is 28.7 Å². The van der Waals surface area contributed by atoms with Gasteiger partial charge in [-0.05, 0) is 73.7 Å². The fourth-order valence-electron chi connectivity index (χ4n) is 7.58. The molecule has 15 nitrogen and oxygen atoms in total. The van der Waals surface area contributed by atoms with E-state index in [4.69, 9.17) is 9.47 Å². The van der Waals surface area contributed by atoms with E-state index >= 15 is 0 Å². The molecule has 0 saturated carbocycles. The highest BCUT2D eigenvalue weighted by Gasteiger charge is 2.31. The summed E-state index contributed by atoms with van der Waals surface area (Å²) in [5.74, 6) is 0.369. The third-order valence-electron chi connectivity index (χ3n) is 10.6. The smallest absolute Gasteiger partial charge is 0.276 e. The van der Waals surface area contributed by atoms with E-state index in [2.05, 4.69) is 37.9 Å². The number of piperidine rings is 2. The van der Waals surface area contributed by atoms with Crippen molar-refractivity contribution in [1.82, 2.24) is 34.8 Å². The third-order valence-corrected chi connectivity index (χ3v) is 10.6. The Morgan fingerprint density at radius 2 is 1.57 bits per heavy atom. The van der Waals surface area contributed by atoms with E-state index in [1.54, 1.807) is 36.5 Å². The predicted molar refractivity (Wildman–Crippen MR) is 197 cm³/mol. The standard InChI is InChI=1S/C38H44N8O7/c1-43-21-28(27-20-39-42-35(27)38(43)51)25-18-30(52-2)34(31(19-25)53-3)37(50)46-16-14-45(15-17-46)33(48)22-44-12-10-24(11-13-44)23-4-6-26(7-5-23)40-29-8-9-32(47)41-36(29)49/h4-7,18-21,24,29,40H,8-17,22H2,1-3H3,(H,39,42)(H,41,47,49). The number of H-pyrrole nitrogens is 1. The van der Waals surface area contributed by atoms with Crippen molar-refractivity contribution in [1.29, 1.82) is 0 Å². The number of imide groups is 1. The van der Waals surface area contributed by atoms with Gasteiger partial charge in [0, 0.05) is 62.5 Å². The van der Waals surface area contributed by atoms with E-state index in [9.17, 15) is 24.0 Å². The molecule has 3 N–H and O–H groups in total. The van der Waals surface area contributed by atoms with Crippen LogP contribution in [0.3, 0.4) is 0 Å². The highest BCUT2D eigenvalue weighted by atomic mass is 16.5. The number of carbonyl (C=O) groups excluding carboxylic acids is 4. The number of amides is 4. The largest absolute Gasteiger partial charge is 0.496 e. The molecule has 3 aliphatic heterocycles. The van der Waals surface area contributed by atoms with Crippen LogP contribution in [0.4, 0.5) is 5.69 Å². The number of ether oxygens (including phenoxy) is 2. The number of aryl methyl sites for hydroxylation is 1. The second kappa shape index (κ2) is 15.1. The van der Waals surface area contributed by atoms with Crippen molar-refractivity contribution in [3.05, 3.63) is 70.3 Å². The lowest BCUT2D eigenvalue weighted by molar-refractivity contribution is -0.135. The number of likely N-dealkylation sites (tertiary alicyclic amines) is 1. The number of pyridine rings is 1. The molecular formula is C38H44N8O7. The first kappa shape index (κ1) is 35.7. The van der Waals surface area contributed by atoms with Gasteiger partial charge in [0.05, 0.1) is 27.0 Å². The summed E-state index contributed by atoms with van der Waals surface area (Å²) in [6, 6.07) is 11.3. The molecule has 3 fully saturated rings. The molecule has 0 spiro atoms. The summed E-state index contributed by atoms with van der Waals surface area (Å²) in [7, 11) is 4.67. The zero-order valence-corrected chi connectivity index (χ0v) is 30.1. The van der Waals surface area contributed by atoms with Gasteiger partial charge in [-0.1, -0.05) is 12.1 Å². The van der Waals surface area contributed by atoms with E-state index in [0.717, 1.165) is 37.2 Å². The number of hydrogen-bond acceptors (Lipinski definition) is 10. The summed E-state index contributed by atoms with van der Waals surface area (Å²) in [5.41, 5.74) is 4.00. The minimum atomic E-state index is -0.414. The molecule has 5 heterocycles. The molecule has 0 aliphatic carbocycles. The number of carbonyl (C=O) groups is 4. The number of methoxy groups -OCH3 is 2. The molecule has 2 aromatic heterocycles. The van der Waals surface area contributed by atoms with Crippen molar-refractivity contribution in [3.63, 3.8) is 0 Å². The Morgan fingerprint density at radius 1 is 0.906 bits per heavy atom. The number of benzene rings is 2. The van der Waals surface area contributed by atoms with Gasteiger partial charge in [-0.25, -0.2) is 0 Å². The van der Waals surface area contributed by atoms with Gasteiger partial charge in [-0.3, -0.25) is 39.3 Å². The average molecular weight is 725 g/mol. The Labute approximate surface area is 306 Å². The fourth-order valence-corrected chi connectivity index (χ4v) is 7.58. The highest BCUT2D eigenvalue weighted by molar-refractivity contribution is 6.03. The van der Waals surface area contributed by atoms with Gasteiger partial charge in [0.2, 0.25) is 17.7 Å². The Balaban J connectivity index is 0.921. The summed E-state index contributed by atoms with van der Waals surface area (Å²) in [6.45, 7) is 3.59. The molecule has 1 atom stereocenters. The number of hydrogen-bond donors (Lipinski definition) is 3. The molecule has 3 aliphatic rings. The minimum absolute atomic E-state index is 0.0572. The van der Waals surface area contributed by atoms with Gasteiger partial charge in [-0.15, -0.1) is 0 Å². The predicted octanol–water partition coefficient (Wildman–Crippen LogP) is 2.33. The first-order valence-electron chi connectivity index (χ1n) is 17.9. The van der Waals surface area contributed by atoms with Crippen LogP contribution in [0.5, 0.6) is 11.5 Å². The summed E-state index contributed by atoms with van der Waals surface area (Å²) in [5, 5.41) is 13.1. The van der Waals surface area contributed by atoms with Crippen molar-refractivity contribution in [2.24, 2.45) is 7.05 Å². The zero-order valence-electron chi connectivity index (χ0n) is 30.1. The molecule has 1 unspecified atom stereocenters. The number of anilines is 1. The van der Waals surface area contributed by atoms with Crippen LogP contribution in [0.15, 0.2) is 53.6 Å². The summed E-state index contributed by atoms with van der Waals surface area (Å²) in [4.78, 5) is 69.1. The quantitative estimate of drug-likeness (QED) is 0.218. The molecule has 278 valence electrons. The molecule has 15 heteroatoms. The van der Waals surface area contributed by atoms with Crippen LogP contribution < -0.4 is 25.7 Å². The molecule has 3 saturated heterocycles. The van der Waals surface area contributed by atoms with Gasteiger partial charge < -0.3 is 29.2 Å². The monoisotopic (exact) mass is 724 g/mol. The molecular weight excluding hydrogens is 680 g/mol. The number of aromatic amines is 1. The molecule has 4 amide bonds. The summed E-state index contributed by atoms with van der Waals surface area (Å²) >= 11 is 0. The second-order valence-corrected chi connectivity index (χ2v) is 13.9. The number of fused-ring (bicyclic) bond motifs is 1. The van der Waals surface area contributed by atoms with Crippen molar-refractivity contribution in [2.45, 2.75) is 37.6 Å². The fraction of sp³-hybridized carbons (Fsp3) is 0.421. The minimum Gasteiger partial charge on any atom is -0.496 e. The molecule has 2 aromatic carbocycles. The zero-order chi connectivity index (χ0) is 37.2. The first-order valence-corrected chi connectivity index (χ1v) is 17.9. The molecule has 0 radical (unpaired) electrons. The molecule has 0 bridgehead atoms. The number of nitrogens with one attached hydrogen (secondary N) is 3. The molecule has 53 heavy (non-hydrogen) atoms. The van der Waals surface area contributed by atoms with Crippen LogP contribution in [-0.2, 0) is 21.4 Å². The van der Waals surface area contributed by atoms with Crippen molar-refractivity contribution in [2.75, 3.05) is 65.3 Å². The summed E-state index contributed by atoms with van der Waals surface area (Å²) in [6.07, 6.45) is 6.01. The summed E-state index contributed by atoms with van der Waals surface area (Å²) < 4.78 is 12.9. The Morgan fingerprint density at radius 3 is 2.21 bits per heavy atom. The van der Waals surface area contributed by atoms with Crippen LogP contribution in [0.25, 0.3) is 22.0 Å². The van der Waals surface area contributed by atoms with Crippen molar-refractivity contribution >= 4 is 40.2 Å². The van der Waals surface area contributed by atoms with Gasteiger partial charge in [-0.2, -0.15) is 5.10 Å². The lowest BCUT2D eigenvalue weighted by Gasteiger charge is -2.37. The Hall–Kier alpha value is -5.70. The van der Waals surface area contributed by atoms with Gasteiger partial charge >= 0.3 is 0 Å². The van der Waals surface area contributed by atoms with Crippen LogP contribution in [0, 0.1) is 0 Å². The van der Waals surface area contributed by atoms with Gasteiger partial charge in [0.15, 0.2) is 0 Å². The topological polar surface area (TPSA) is 171 Å². The molecule has 4 aromatic rings. The van der Waals surface area contributed by atoms with Gasteiger partial charge in [0.25, 0.3) is 11.5 Å². The Bertz CT molecular complexity index is 2070. The second-order valence-electron chi connectivity index (χ2n) is 13.9. The van der Waals surface area contributed by atoms with E-state index in [-0.39, 0.29) is 29.2 Å². The van der Waals surface area contributed by atoms with Crippen LogP contribution >= 0.6 is 0 Å². The number of aromatic nitrogens is 3. The normalized spacial score (nSPS) is 18.6. The average Bonchev–Trinajstić information content (AvgIpc) is 3.68. The lowest BCUT2D eigenvalue weighted by atomic mass is 9.89. The van der Waals surface area contributed by atoms with E-state index in [1.165, 1.54) is 24.4 Å². The Kier molecular flexibility index (Phi) is 10.2. The maximum absolute atomic E-state index is 13.9. The number of nitrogens with zero attached hydrogens (tertiary/aromatic N) is 5. The number of rotatable bonds is 9. The third kappa shape index (κ3) is 7.33. The van der Waals surface area contributed by atoms with E-state index in [0.29, 0.717) is 85.0 Å². The highest BCUT2D eigenvalue weighted by Crippen LogP contribution is 2.38. The van der Waals surface area contributed by atoms with E-state index < -0.39 is 6.04 Å². The maximum atomic E-state index is 13.9. The lowest BCUT2D eigenvalue weighted by Crippen LogP contribution is -2.53. The van der Waals surface area contributed by atoms with Gasteiger partial charge in [0.1, 0.15) is 28.6 Å². The van der Waals surface area contributed by atoms with E-state index in [1.807, 2.05) is 17.0 Å². The SMILES string of the molecule is COc1cc(-c2cn(C)c(=O)c3[nH]ncc23)cc(OC)c1C(=O)N1CCN(C(=O)CN2CCC(c3ccc(NC4CCC(=O)NC4=O)cc3)CC2)CC1. The first-order chi connectivity index (χ1) is 25.6. The number of piperazine rings is 1. The van der Waals surface area contributed by atoms with Crippen LogP contribution in [0.2, 0.25) is 0 Å².